The van der Waals surface area contributed by atoms with E-state index in [4.69, 9.17) is 9.47 Å². The number of ether oxygens (including phenoxy) is 3. The molecular weight excluding hydrogens is 302 g/mol. The first kappa shape index (κ1) is 18.2. The molecule has 0 aliphatic heterocycles. The highest BCUT2D eigenvalue weighted by atomic mass is 16.5. The number of benzene rings is 1. The SMILES string of the molecule is CCOC(=O)/C=C/C(=O)OC(C)C(=O)Nc1ccccc1OC. The van der Waals surface area contributed by atoms with Gasteiger partial charge >= 0.3 is 11.9 Å². The molecule has 1 N–H and O–H groups in total. The number of rotatable bonds is 7. The number of nitrogens with one attached hydrogen (secondary N) is 1. The van der Waals surface area contributed by atoms with Crippen LogP contribution in [0.25, 0.3) is 0 Å². The highest BCUT2D eigenvalue weighted by Gasteiger charge is 2.18. The lowest BCUT2D eigenvalue weighted by Gasteiger charge is -2.14. The van der Waals surface area contributed by atoms with Crippen LogP contribution in [0.15, 0.2) is 36.4 Å². The van der Waals surface area contributed by atoms with Crippen LogP contribution in [0.2, 0.25) is 0 Å². The van der Waals surface area contributed by atoms with Crippen molar-refractivity contribution >= 4 is 23.5 Å². The Morgan fingerprint density at radius 3 is 2.48 bits per heavy atom. The predicted molar refractivity (Wildman–Crippen MR) is 83.0 cm³/mol. The van der Waals surface area contributed by atoms with Gasteiger partial charge in [-0.25, -0.2) is 9.59 Å². The normalized spacial score (nSPS) is 11.6. The van der Waals surface area contributed by atoms with Crippen molar-refractivity contribution in [3.63, 3.8) is 0 Å². The van der Waals surface area contributed by atoms with Crippen LogP contribution in [-0.4, -0.2) is 37.7 Å². The van der Waals surface area contributed by atoms with Crippen molar-refractivity contribution in [3.8, 4) is 5.75 Å². The molecule has 1 amide bonds. The van der Waals surface area contributed by atoms with Crippen molar-refractivity contribution in [2.75, 3.05) is 19.0 Å². The van der Waals surface area contributed by atoms with Crippen LogP contribution < -0.4 is 10.1 Å². The third-order valence-corrected chi connectivity index (χ3v) is 2.67. The third-order valence-electron chi connectivity index (χ3n) is 2.67. The summed E-state index contributed by atoms with van der Waals surface area (Å²) >= 11 is 0. The lowest BCUT2D eigenvalue weighted by atomic mass is 10.2. The van der Waals surface area contributed by atoms with Crippen LogP contribution in [-0.2, 0) is 23.9 Å². The lowest BCUT2D eigenvalue weighted by molar-refractivity contribution is -0.148. The second-order valence-corrected chi connectivity index (χ2v) is 4.35. The minimum atomic E-state index is -1.04. The third kappa shape index (κ3) is 6.21. The van der Waals surface area contributed by atoms with Gasteiger partial charge in [-0.05, 0) is 26.0 Å². The standard InChI is InChI=1S/C16H19NO6/c1-4-22-14(18)9-10-15(19)23-11(2)16(20)17-12-7-5-6-8-13(12)21-3/h5-11H,4H2,1-3H3,(H,17,20)/b10-9+. The smallest absolute Gasteiger partial charge is 0.331 e. The first-order valence-corrected chi connectivity index (χ1v) is 6.97. The number of methoxy groups -OCH3 is 1. The topological polar surface area (TPSA) is 90.9 Å². The second kappa shape index (κ2) is 9.24. The van der Waals surface area contributed by atoms with Gasteiger partial charge in [0.15, 0.2) is 6.10 Å². The molecule has 7 heteroatoms. The molecule has 0 aliphatic carbocycles. The van der Waals surface area contributed by atoms with E-state index >= 15 is 0 Å². The van der Waals surface area contributed by atoms with Crippen LogP contribution in [0, 0.1) is 0 Å². The lowest BCUT2D eigenvalue weighted by Crippen LogP contribution is -2.29. The van der Waals surface area contributed by atoms with Gasteiger partial charge in [0.05, 0.1) is 19.4 Å². The van der Waals surface area contributed by atoms with Crippen LogP contribution in [0.4, 0.5) is 5.69 Å². The Hall–Kier alpha value is -2.83. The highest BCUT2D eigenvalue weighted by Crippen LogP contribution is 2.23. The van der Waals surface area contributed by atoms with Crippen molar-refractivity contribution in [1.82, 2.24) is 0 Å². The number of anilines is 1. The molecule has 0 heterocycles. The molecule has 0 saturated heterocycles. The van der Waals surface area contributed by atoms with Gasteiger partial charge in [-0.2, -0.15) is 0 Å². The van der Waals surface area contributed by atoms with Gasteiger partial charge in [0.25, 0.3) is 5.91 Å². The van der Waals surface area contributed by atoms with Crippen LogP contribution in [0.1, 0.15) is 13.8 Å². The fourth-order valence-electron chi connectivity index (χ4n) is 1.58. The monoisotopic (exact) mass is 321 g/mol. The quantitative estimate of drug-likeness (QED) is 0.607. The fourth-order valence-corrected chi connectivity index (χ4v) is 1.58. The number of carbonyl (C=O) groups is 3. The molecule has 0 spiro atoms. The van der Waals surface area contributed by atoms with E-state index in [9.17, 15) is 14.4 Å². The molecule has 1 atom stereocenters. The van der Waals surface area contributed by atoms with E-state index in [1.807, 2.05) is 0 Å². The summed E-state index contributed by atoms with van der Waals surface area (Å²) in [6.45, 7) is 3.27. The zero-order valence-electron chi connectivity index (χ0n) is 13.2. The maximum absolute atomic E-state index is 12.0. The van der Waals surface area contributed by atoms with Gasteiger partial charge < -0.3 is 19.5 Å². The molecule has 0 aromatic heterocycles. The molecule has 1 aromatic rings. The summed E-state index contributed by atoms with van der Waals surface area (Å²) in [7, 11) is 1.48. The number of amides is 1. The molecular formula is C16H19NO6. The van der Waals surface area contributed by atoms with E-state index < -0.39 is 23.9 Å². The Balaban J connectivity index is 2.57. The molecule has 7 nitrogen and oxygen atoms in total. The minimum Gasteiger partial charge on any atom is -0.495 e. The summed E-state index contributed by atoms with van der Waals surface area (Å²) in [5.41, 5.74) is 0.463. The maximum atomic E-state index is 12.0. The van der Waals surface area contributed by atoms with E-state index in [1.54, 1.807) is 31.2 Å². The second-order valence-electron chi connectivity index (χ2n) is 4.35. The van der Waals surface area contributed by atoms with Crippen LogP contribution >= 0.6 is 0 Å². The van der Waals surface area contributed by atoms with Gasteiger partial charge in [-0.1, -0.05) is 12.1 Å². The van der Waals surface area contributed by atoms with E-state index in [-0.39, 0.29) is 6.61 Å². The Morgan fingerprint density at radius 1 is 1.17 bits per heavy atom. The summed E-state index contributed by atoms with van der Waals surface area (Å²) < 4.78 is 14.6. The largest absolute Gasteiger partial charge is 0.495 e. The predicted octanol–water partition coefficient (Wildman–Crippen LogP) is 1.68. The Kier molecular flexibility index (Phi) is 7.32. The number of para-hydroxylation sites is 2. The summed E-state index contributed by atoms with van der Waals surface area (Å²) in [6.07, 6.45) is 0.806. The Labute approximate surface area is 134 Å². The molecule has 0 fully saturated rings. The number of hydrogen-bond donors (Lipinski definition) is 1. The van der Waals surface area contributed by atoms with Crippen molar-refractivity contribution in [1.29, 1.82) is 0 Å². The van der Waals surface area contributed by atoms with Gasteiger partial charge in [0, 0.05) is 12.2 Å². The summed E-state index contributed by atoms with van der Waals surface area (Å²) in [4.78, 5) is 34.6. The Morgan fingerprint density at radius 2 is 1.83 bits per heavy atom. The minimum absolute atomic E-state index is 0.204. The van der Waals surface area contributed by atoms with Gasteiger partial charge in [-0.3, -0.25) is 4.79 Å². The number of hydrogen-bond acceptors (Lipinski definition) is 6. The summed E-state index contributed by atoms with van der Waals surface area (Å²) in [5, 5.41) is 2.59. The van der Waals surface area contributed by atoms with Crippen molar-refractivity contribution in [2.45, 2.75) is 20.0 Å². The van der Waals surface area contributed by atoms with Crippen molar-refractivity contribution in [2.24, 2.45) is 0 Å². The zero-order valence-corrected chi connectivity index (χ0v) is 13.2. The number of esters is 2. The average Bonchev–Trinajstić information content (AvgIpc) is 2.53. The van der Waals surface area contributed by atoms with Crippen LogP contribution in [0.3, 0.4) is 0 Å². The first-order chi connectivity index (χ1) is 11.0. The van der Waals surface area contributed by atoms with Crippen LogP contribution in [0.5, 0.6) is 5.75 Å². The van der Waals surface area contributed by atoms with Gasteiger partial charge in [0.2, 0.25) is 0 Å². The number of carbonyl (C=O) groups excluding carboxylic acids is 3. The molecule has 0 bridgehead atoms. The van der Waals surface area contributed by atoms with E-state index in [1.165, 1.54) is 14.0 Å². The summed E-state index contributed by atoms with van der Waals surface area (Å²) in [5.74, 6) is -1.51. The van der Waals surface area contributed by atoms with Gasteiger partial charge in [-0.15, -0.1) is 0 Å². The molecule has 0 saturated carbocycles. The molecule has 1 unspecified atom stereocenters. The highest BCUT2D eigenvalue weighted by molar-refractivity contribution is 5.98. The average molecular weight is 321 g/mol. The molecule has 1 rings (SSSR count). The fraction of sp³-hybridized carbons (Fsp3) is 0.312. The van der Waals surface area contributed by atoms with E-state index in [0.29, 0.717) is 11.4 Å². The Bertz CT molecular complexity index is 596. The molecule has 0 radical (unpaired) electrons. The van der Waals surface area contributed by atoms with Crippen molar-refractivity contribution in [3.05, 3.63) is 36.4 Å². The zero-order chi connectivity index (χ0) is 17.2. The molecule has 1 aromatic carbocycles. The molecule has 23 heavy (non-hydrogen) atoms. The van der Waals surface area contributed by atoms with E-state index in [0.717, 1.165) is 12.2 Å². The molecule has 124 valence electrons. The van der Waals surface area contributed by atoms with Crippen molar-refractivity contribution < 1.29 is 28.6 Å². The van der Waals surface area contributed by atoms with E-state index in [2.05, 4.69) is 10.1 Å². The maximum Gasteiger partial charge on any atom is 0.331 e. The summed E-state index contributed by atoms with van der Waals surface area (Å²) in [6, 6.07) is 6.84. The molecule has 0 aliphatic rings. The van der Waals surface area contributed by atoms with Gasteiger partial charge in [0.1, 0.15) is 5.75 Å². The first-order valence-electron chi connectivity index (χ1n) is 6.97.